The maximum Gasteiger partial charge on any atom is 0.0646 e. The second-order valence-corrected chi connectivity index (χ2v) is 5.60. The predicted molar refractivity (Wildman–Crippen MR) is 85.7 cm³/mol. The van der Waals surface area contributed by atoms with Crippen molar-refractivity contribution in [3.8, 4) is 0 Å². The van der Waals surface area contributed by atoms with Crippen molar-refractivity contribution in [2.75, 3.05) is 11.4 Å². The quantitative estimate of drug-likeness (QED) is 0.893. The van der Waals surface area contributed by atoms with Crippen LogP contribution in [0.3, 0.4) is 0 Å². The number of hydrogen-bond acceptors (Lipinski definition) is 2. The summed E-state index contributed by atoms with van der Waals surface area (Å²) in [4.78, 5) is 2.34. The number of nitrogens with two attached hydrogens (primary N) is 1. The molecule has 1 aliphatic rings. The summed E-state index contributed by atoms with van der Waals surface area (Å²) in [5, 5.41) is 0.782. The highest BCUT2D eigenvalue weighted by molar-refractivity contribution is 6.33. The van der Waals surface area contributed by atoms with E-state index in [9.17, 15) is 0 Å². The normalized spacial score (nSPS) is 14.8. The number of para-hydroxylation sites is 2. The van der Waals surface area contributed by atoms with E-state index < -0.39 is 0 Å². The Kier molecular flexibility index (Phi) is 3.95. The second kappa shape index (κ2) is 5.86. The van der Waals surface area contributed by atoms with Crippen LogP contribution in [0.25, 0.3) is 0 Å². The molecule has 104 valence electrons. The van der Waals surface area contributed by atoms with Gasteiger partial charge < -0.3 is 10.6 Å². The smallest absolute Gasteiger partial charge is 0.0646 e. The molecule has 2 aromatic carbocycles. The third-order valence-electron chi connectivity index (χ3n) is 3.92. The Balaban J connectivity index is 2.15. The van der Waals surface area contributed by atoms with Crippen LogP contribution in [0.15, 0.2) is 42.5 Å². The number of benzene rings is 2. The van der Waals surface area contributed by atoms with Gasteiger partial charge in [0.25, 0.3) is 0 Å². The highest BCUT2D eigenvalue weighted by Crippen LogP contribution is 2.38. The molecule has 0 aromatic heterocycles. The van der Waals surface area contributed by atoms with E-state index in [-0.39, 0.29) is 0 Å². The van der Waals surface area contributed by atoms with Crippen molar-refractivity contribution >= 4 is 23.0 Å². The summed E-state index contributed by atoms with van der Waals surface area (Å²) in [5.41, 5.74) is 10.7. The van der Waals surface area contributed by atoms with E-state index >= 15 is 0 Å². The molecule has 2 nitrogen and oxygen atoms in total. The molecule has 0 radical (unpaired) electrons. The first kappa shape index (κ1) is 13.5. The van der Waals surface area contributed by atoms with Gasteiger partial charge in [-0.2, -0.15) is 0 Å². The molecule has 0 bridgehead atoms. The van der Waals surface area contributed by atoms with Crippen molar-refractivity contribution in [2.45, 2.75) is 25.8 Å². The summed E-state index contributed by atoms with van der Waals surface area (Å²) in [7, 11) is 0. The third-order valence-corrected chi connectivity index (χ3v) is 4.23. The number of rotatable bonds is 2. The molecule has 0 atom stereocenters. The molecule has 1 aliphatic heterocycles. The lowest BCUT2D eigenvalue weighted by atomic mass is 10.1. The molecular formula is C17H19ClN2. The van der Waals surface area contributed by atoms with Gasteiger partial charge in [-0.15, -0.1) is 0 Å². The average molecular weight is 287 g/mol. The number of hydrogen-bond donors (Lipinski definition) is 1. The topological polar surface area (TPSA) is 29.3 Å². The van der Waals surface area contributed by atoms with E-state index in [0.717, 1.165) is 29.2 Å². The summed E-state index contributed by atoms with van der Waals surface area (Å²) < 4.78 is 0. The SMILES string of the molecule is NCc1cccc(Cl)c1N1CCCCc2ccccc21. The van der Waals surface area contributed by atoms with Crippen LogP contribution < -0.4 is 10.6 Å². The van der Waals surface area contributed by atoms with E-state index in [1.54, 1.807) is 0 Å². The molecule has 0 unspecified atom stereocenters. The fourth-order valence-corrected chi connectivity index (χ4v) is 3.25. The Hall–Kier alpha value is -1.51. The van der Waals surface area contributed by atoms with Crippen molar-refractivity contribution in [2.24, 2.45) is 5.73 Å². The monoisotopic (exact) mass is 286 g/mol. The van der Waals surface area contributed by atoms with E-state index in [1.165, 1.54) is 24.1 Å². The molecular weight excluding hydrogens is 268 g/mol. The Morgan fingerprint density at radius 1 is 1.05 bits per heavy atom. The van der Waals surface area contributed by atoms with Crippen LogP contribution in [0.2, 0.25) is 5.02 Å². The third kappa shape index (κ3) is 2.41. The lowest BCUT2D eigenvalue weighted by Crippen LogP contribution is -2.20. The van der Waals surface area contributed by atoms with E-state index in [2.05, 4.69) is 35.2 Å². The summed E-state index contributed by atoms with van der Waals surface area (Å²) in [6.45, 7) is 1.50. The van der Waals surface area contributed by atoms with Gasteiger partial charge in [0, 0.05) is 18.8 Å². The number of nitrogens with zero attached hydrogens (tertiary/aromatic N) is 1. The number of anilines is 2. The summed E-state index contributed by atoms with van der Waals surface area (Å²) in [6.07, 6.45) is 3.52. The molecule has 0 saturated carbocycles. The minimum Gasteiger partial charge on any atom is -0.340 e. The van der Waals surface area contributed by atoms with Crippen LogP contribution >= 0.6 is 11.6 Å². The average Bonchev–Trinajstić information content (AvgIpc) is 2.69. The number of fused-ring (bicyclic) bond motifs is 1. The Morgan fingerprint density at radius 3 is 2.75 bits per heavy atom. The van der Waals surface area contributed by atoms with Crippen LogP contribution in [0.5, 0.6) is 0 Å². The first-order chi connectivity index (χ1) is 9.81. The van der Waals surface area contributed by atoms with Gasteiger partial charge in [0.2, 0.25) is 0 Å². The molecule has 0 saturated heterocycles. The number of halogens is 1. The van der Waals surface area contributed by atoms with Gasteiger partial charge >= 0.3 is 0 Å². The molecule has 0 aliphatic carbocycles. The molecule has 3 rings (SSSR count). The Bertz CT molecular complexity index is 610. The lowest BCUT2D eigenvalue weighted by Gasteiger charge is -2.28. The van der Waals surface area contributed by atoms with Gasteiger partial charge in [-0.05, 0) is 42.5 Å². The fraction of sp³-hybridized carbons (Fsp3) is 0.294. The van der Waals surface area contributed by atoms with Gasteiger partial charge in [-0.1, -0.05) is 41.9 Å². The summed E-state index contributed by atoms with van der Waals surface area (Å²) in [6, 6.07) is 14.6. The molecule has 0 spiro atoms. The van der Waals surface area contributed by atoms with Crippen LogP contribution in [-0.2, 0) is 13.0 Å². The zero-order valence-electron chi connectivity index (χ0n) is 11.5. The zero-order chi connectivity index (χ0) is 13.9. The van der Waals surface area contributed by atoms with E-state index in [0.29, 0.717) is 6.54 Å². The van der Waals surface area contributed by atoms with Crippen LogP contribution in [-0.4, -0.2) is 6.54 Å². The standard InChI is InChI=1S/C17H19ClN2/c18-15-9-5-8-14(12-19)17(15)20-11-4-3-7-13-6-1-2-10-16(13)20/h1-2,5-6,8-10H,3-4,7,11-12,19H2. The molecule has 2 N–H and O–H groups in total. The van der Waals surface area contributed by atoms with Crippen molar-refractivity contribution in [1.82, 2.24) is 0 Å². The minimum absolute atomic E-state index is 0.508. The van der Waals surface area contributed by atoms with Gasteiger partial charge in [0.15, 0.2) is 0 Å². The Morgan fingerprint density at radius 2 is 1.90 bits per heavy atom. The van der Waals surface area contributed by atoms with Gasteiger partial charge in [-0.25, -0.2) is 0 Å². The first-order valence-electron chi connectivity index (χ1n) is 7.14. The minimum atomic E-state index is 0.508. The molecule has 3 heteroatoms. The summed E-state index contributed by atoms with van der Waals surface area (Å²) in [5.74, 6) is 0. The highest BCUT2D eigenvalue weighted by atomic mass is 35.5. The van der Waals surface area contributed by atoms with E-state index in [4.69, 9.17) is 17.3 Å². The maximum atomic E-state index is 6.46. The fourth-order valence-electron chi connectivity index (χ4n) is 2.95. The van der Waals surface area contributed by atoms with Crippen LogP contribution in [0.1, 0.15) is 24.0 Å². The van der Waals surface area contributed by atoms with Gasteiger partial charge in [0.05, 0.1) is 10.7 Å². The van der Waals surface area contributed by atoms with Gasteiger partial charge in [-0.3, -0.25) is 0 Å². The van der Waals surface area contributed by atoms with Crippen LogP contribution in [0, 0.1) is 0 Å². The second-order valence-electron chi connectivity index (χ2n) is 5.19. The molecule has 20 heavy (non-hydrogen) atoms. The molecule has 1 heterocycles. The van der Waals surface area contributed by atoms with Crippen molar-refractivity contribution in [3.05, 3.63) is 58.6 Å². The molecule has 0 amide bonds. The zero-order valence-corrected chi connectivity index (χ0v) is 12.2. The molecule has 2 aromatic rings. The predicted octanol–water partition coefficient (Wildman–Crippen LogP) is 4.27. The highest BCUT2D eigenvalue weighted by Gasteiger charge is 2.20. The number of aryl methyl sites for hydroxylation is 1. The molecule has 0 fully saturated rings. The van der Waals surface area contributed by atoms with Crippen molar-refractivity contribution in [1.29, 1.82) is 0 Å². The van der Waals surface area contributed by atoms with Crippen LogP contribution in [0.4, 0.5) is 11.4 Å². The lowest BCUT2D eigenvalue weighted by molar-refractivity contribution is 0.759. The van der Waals surface area contributed by atoms with Crippen molar-refractivity contribution in [3.63, 3.8) is 0 Å². The van der Waals surface area contributed by atoms with Gasteiger partial charge in [0.1, 0.15) is 0 Å². The largest absolute Gasteiger partial charge is 0.340 e. The van der Waals surface area contributed by atoms with Crippen molar-refractivity contribution < 1.29 is 0 Å². The Labute approximate surface area is 125 Å². The first-order valence-corrected chi connectivity index (χ1v) is 7.52. The maximum absolute atomic E-state index is 6.46. The summed E-state index contributed by atoms with van der Waals surface area (Å²) >= 11 is 6.46. The van der Waals surface area contributed by atoms with E-state index in [1.807, 2.05) is 12.1 Å².